The van der Waals surface area contributed by atoms with E-state index in [2.05, 4.69) is 47.9 Å². The number of alkyl halides is 1. The van der Waals surface area contributed by atoms with Gasteiger partial charge in [0.15, 0.2) is 0 Å². The average molecular weight is 569 g/mol. The lowest BCUT2D eigenvalue weighted by molar-refractivity contribution is -0.205. The molecule has 1 amide bonds. The number of halogens is 1. The summed E-state index contributed by atoms with van der Waals surface area (Å²) in [5.74, 6) is 1.11. The molecule has 1 aliphatic carbocycles. The van der Waals surface area contributed by atoms with Crippen LogP contribution < -0.4 is 10.6 Å². The van der Waals surface area contributed by atoms with Gasteiger partial charge < -0.3 is 30.7 Å². The highest BCUT2D eigenvalue weighted by Gasteiger charge is 2.48. The Morgan fingerprint density at radius 2 is 1.87 bits per heavy atom. The van der Waals surface area contributed by atoms with E-state index in [0.29, 0.717) is 17.3 Å². The van der Waals surface area contributed by atoms with Crippen molar-refractivity contribution in [3.63, 3.8) is 0 Å². The lowest BCUT2D eigenvalue weighted by Crippen LogP contribution is -2.65. The molecule has 9 atom stereocenters. The molecule has 3 fully saturated rings. The Kier molecular flexibility index (Phi) is 10.5. The van der Waals surface area contributed by atoms with Crippen LogP contribution >= 0.6 is 23.4 Å². The molecule has 2 aliphatic heterocycles. The quantitative estimate of drug-likeness (QED) is 0.290. The fraction of sp³-hybridized carbons (Fsp3) is 0.759. The van der Waals surface area contributed by atoms with Gasteiger partial charge in [0.25, 0.3) is 0 Å². The average Bonchev–Trinajstić information content (AvgIpc) is 3.14. The number of carbonyl (C=O) groups excluding carboxylic acids is 1. The number of aliphatic hydroxyl groups excluding tert-OH is 3. The van der Waals surface area contributed by atoms with E-state index in [1.807, 2.05) is 0 Å². The van der Waals surface area contributed by atoms with Gasteiger partial charge in [-0.2, -0.15) is 0 Å². The van der Waals surface area contributed by atoms with E-state index in [9.17, 15) is 20.1 Å². The molecule has 2 saturated heterocycles. The summed E-state index contributed by atoms with van der Waals surface area (Å²) in [6, 6.07) is 9.77. The van der Waals surface area contributed by atoms with Gasteiger partial charge in [0.1, 0.15) is 29.9 Å². The van der Waals surface area contributed by atoms with Gasteiger partial charge in [-0.15, -0.1) is 23.4 Å². The SMILES string of the molecule is CSC1O[C@H]([C@H](NC(=O)C2CC[C@H](CCC3(C)CC(c4ccccc4)C3)CCN2)[C@H](C)Cl)[C@@H](O)C(O)[C@H]1O. The number of hydrogen-bond acceptors (Lipinski definition) is 7. The summed E-state index contributed by atoms with van der Waals surface area (Å²) >= 11 is 7.67. The predicted molar refractivity (Wildman–Crippen MR) is 152 cm³/mol. The molecule has 1 saturated carbocycles. The van der Waals surface area contributed by atoms with E-state index in [1.54, 1.807) is 13.2 Å². The van der Waals surface area contributed by atoms with Crippen molar-refractivity contribution in [3.8, 4) is 0 Å². The molecule has 4 rings (SSSR count). The maximum atomic E-state index is 13.3. The summed E-state index contributed by atoms with van der Waals surface area (Å²) in [4.78, 5) is 13.3. The first-order chi connectivity index (χ1) is 18.1. The zero-order valence-electron chi connectivity index (χ0n) is 22.8. The number of ether oxygens (including phenoxy) is 1. The van der Waals surface area contributed by atoms with Gasteiger partial charge in [0.2, 0.25) is 5.91 Å². The molecule has 38 heavy (non-hydrogen) atoms. The van der Waals surface area contributed by atoms with E-state index in [0.717, 1.165) is 25.8 Å². The normalized spacial score (nSPS) is 39.4. The molecule has 0 radical (unpaired) electrons. The summed E-state index contributed by atoms with van der Waals surface area (Å²) < 4.78 is 5.88. The molecule has 3 aliphatic rings. The number of rotatable bonds is 9. The van der Waals surface area contributed by atoms with Crippen LogP contribution in [0.5, 0.6) is 0 Å². The van der Waals surface area contributed by atoms with Gasteiger partial charge in [0, 0.05) is 0 Å². The van der Waals surface area contributed by atoms with Crippen LogP contribution in [-0.2, 0) is 9.53 Å². The minimum absolute atomic E-state index is 0.170. The minimum atomic E-state index is -1.38. The Bertz CT molecular complexity index is 900. The summed E-state index contributed by atoms with van der Waals surface area (Å²) in [6.45, 7) is 4.94. The second kappa shape index (κ2) is 13.2. The number of amides is 1. The van der Waals surface area contributed by atoms with E-state index in [-0.39, 0.29) is 11.9 Å². The first-order valence-corrected chi connectivity index (χ1v) is 15.8. The zero-order valence-corrected chi connectivity index (χ0v) is 24.3. The van der Waals surface area contributed by atoms with Gasteiger partial charge in [-0.05, 0) is 87.5 Å². The topological polar surface area (TPSA) is 111 Å². The van der Waals surface area contributed by atoms with Crippen LogP contribution in [0.4, 0.5) is 0 Å². The third-order valence-electron chi connectivity index (χ3n) is 9.03. The van der Waals surface area contributed by atoms with Crippen molar-refractivity contribution in [1.82, 2.24) is 10.6 Å². The highest BCUT2D eigenvalue weighted by molar-refractivity contribution is 7.99. The molecule has 1 aromatic rings. The second-order valence-corrected chi connectivity index (χ2v) is 13.6. The molecule has 2 heterocycles. The fourth-order valence-electron chi connectivity index (χ4n) is 6.56. The standard InChI is InChI=1S/C29H45ClN2O5S/c1-17(30)22(26-24(34)23(33)25(35)28(37-26)38-3)32-27(36)21-10-9-18(12-14-31-21)11-13-29(2)15-20(16-29)19-7-5-4-6-8-19/h4-8,17-18,20-26,28,31,33-35H,9-16H2,1-3H3,(H,32,36)/t17-,18+,20?,21?,22+,23?,24-,25+,26+,28?,29?/m0/s1. The number of hydrogen-bond donors (Lipinski definition) is 5. The fourth-order valence-corrected chi connectivity index (χ4v) is 7.44. The highest BCUT2D eigenvalue weighted by atomic mass is 35.5. The van der Waals surface area contributed by atoms with Crippen molar-refractivity contribution in [1.29, 1.82) is 0 Å². The van der Waals surface area contributed by atoms with Gasteiger partial charge >= 0.3 is 0 Å². The highest BCUT2D eigenvalue weighted by Crippen LogP contribution is 2.54. The Hall–Kier alpha value is -0.870. The van der Waals surface area contributed by atoms with E-state index < -0.39 is 41.3 Å². The third-order valence-corrected chi connectivity index (χ3v) is 10.2. The minimum Gasteiger partial charge on any atom is -0.388 e. The van der Waals surface area contributed by atoms with Crippen molar-refractivity contribution in [2.45, 2.75) is 112 Å². The van der Waals surface area contributed by atoms with Gasteiger partial charge in [-0.25, -0.2) is 0 Å². The zero-order chi connectivity index (χ0) is 27.4. The van der Waals surface area contributed by atoms with Gasteiger partial charge in [-0.1, -0.05) is 37.3 Å². The molecule has 7 nitrogen and oxygen atoms in total. The van der Waals surface area contributed by atoms with Gasteiger partial charge in [-0.3, -0.25) is 4.79 Å². The number of carbonyl (C=O) groups is 1. The van der Waals surface area contributed by atoms with E-state index in [4.69, 9.17) is 16.3 Å². The van der Waals surface area contributed by atoms with Crippen molar-refractivity contribution < 1.29 is 24.9 Å². The predicted octanol–water partition coefficient (Wildman–Crippen LogP) is 3.39. The second-order valence-electron chi connectivity index (χ2n) is 12.0. The Balaban J connectivity index is 1.26. The number of benzene rings is 1. The van der Waals surface area contributed by atoms with E-state index in [1.165, 1.54) is 43.0 Å². The molecule has 0 bridgehead atoms. The third kappa shape index (κ3) is 7.06. The van der Waals surface area contributed by atoms with Crippen LogP contribution in [0, 0.1) is 11.3 Å². The van der Waals surface area contributed by atoms with Crippen LogP contribution in [0.2, 0.25) is 0 Å². The van der Waals surface area contributed by atoms with Crippen molar-refractivity contribution >= 4 is 29.3 Å². The Labute approximate surface area is 236 Å². The summed E-state index contributed by atoms with van der Waals surface area (Å²) in [5.41, 5.74) is 1.15. The van der Waals surface area contributed by atoms with E-state index >= 15 is 0 Å². The largest absolute Gasteiger partial charge is 0.388 e. The van der Waals surface area contributed by atoms with Crippen molar-refractivity contribution in [3.05, 3.63) is 35.9 Å². The lowest BCUT2D eigenvalue weighted by Gasteiger charge is -2.46. The lowest BCUT2D eigenvalue weighted by atomic mass is 9.58. The number of nitrogens with one attached hydrogen (secondary N) is 2. The van der Waals surface area contributed by atoms with Crippen LogP contribution in [0.25, 0.3) is 0 Å². The maximum Gasteiger partial charge on any atom is 0.237 e. The van der Waals surface area contributed by atoms with Crippen LogP contribution in [0.15, 0.2) is 30.3 Å². The molecule has 0 spiro atoms. The molecule has 5 N–H and O–H groups in total. The smallest absolute Gasteiger partial charge is 0.237 e. The van der Waals surface area contributed by atoms with Gasteiger partial charge in [0.05, 0.1) is 17.5 Å². The Morgan fingerprint density at radius 3 is 2.53 bits per heavy atom. The summed E-state index contributed by atoms with van der Waals surface area (Å²) in [5, 5.41) is 37.0. The number of aliphatic hydroxyl groups is 3. The van der Waals surface area contributed by atoms with Crippen LogP contribution in [0.1, 0.15) is 70.3 Å². The summed E-state index contributed by atoms with van der Waals surface area (Å²) in [7, 11) is 0. The van der Waals surface area contributed by atoms with Crippen LogP contribution in [-0.4, -0.2) is 81.3 Å². The molecule has 1 aromatic carbocycles. The maximum absolute atomic E-state index is 13.3. The molecular weight excluding hydrogens is 524 g/mol. The first-order valence-electron chi connectivity index (χ1n) is 14.1. The van der Waals surface area contributed by atoms with Crippen molar-refractivity contribution in [2.75, 3.05) is 12.8 Å². The molecule has 214 valence electrons. The molecule has 9 heteroatoms. The van der Waals surface area contributed by atoms with Crippen molar-refractivity contribution in [2.24, 2.45) is 11.3 Å². The number of thioether (sulfide) groups is 1. The summed E-state index contributed by atoms with van der Waals surface area (Å²) in [6.07, 6.45) is 4.59. The Morgan fingerprint density at radius 1 is 1.16 bits per heavy atom. The van der Waals surface area contributed by atoms with Crippen LogP contribution in [0.3, 0.4) is 0 Å². The molecule has 0 aromatic heterocycles. The first kappa shape index (κ1) is 30.1. The monoisotopic (exact) mass is 568 g/mol. The molecular formula is C29H45ClN2O5S. The molecule has 3 unspecified atom stereocenters.